The van der Waals surface area contributed by atoms with E-state index in [0.717, 1.165) is 0 Å². The number of carboxylic acids is 1. The monoisotopic (exact) mass is 245 g/mol. The molecule has 1 rings (SSSR count). The second-order valence-corrected chi connectivity index (χ2v) is 5.26. The van der Waals surface area contributed by atoms with E-state index in [4.69, 9.17) is 5.11 Å². The van der Waals surface area contributed by atoms with Gasteiger partial charge in [0.15, 0.2) is 0 Å². The first-order chi connectivity index (χ1) is 7.50. The third-order valence-electron chi connectivity index (χ3n) is 2.33. The first-order valence-corrected chi connectivity index (χ1v) is 6.22. The number of imide groups is 1. The number of hydrogen-bond acceptors (Lipinski definition) is 4. The van der Waals surface area contributed by atoms with Gasteiger partial charge in [-0.3, -0.25) is 19.3 Å². The minimum Gasteiger partial charge on any atom is -0.481 e. The van der Waals surface area contributed by atoms with Gasteiger partial charge < -0.3 is 5.11 Å². The molecule has 0 saturated carbocycles. The molecule has 1 atom stereocenters. The fourth-order valence-corrected chi connectivity index (χ4v) is 2.47. The van der Waals surface area contributed by atoms with Crippen molar-refractivity contribution in [2.24, 2.45) is 0 Å². The molecule has 1 heterocycles. The number of carbonyl (C=O) groups excluding carboxylic acids is 2. The van der Waals surface area contributed by atoms with Crippen LogP contribution >= 0.6 is 11.8 Å². The minimum atomic E-state index is -0.826. The van der Waals surface area contributed by atoms with Crippen molar-refractivity contribution in [3.8, 4) is 0 Å². The number of hydrogen-bond donors (Lipinski definition) is 1. The van der Waals surface area contributed by atoms with Crippen molar-refractivity contribution in [1.82, 2.24) is 4.90 Å². The molecule has 1 saturated heterocycles. The van der Waals surface area contributed by atoms with E-state index in [1.54, 1.807) is 0 Å². The maximum Gasteiger partial charge on any atom is 0.304 e. The summed E-state index contributed by atoms with van der Waals surface area (Å²) in [6.07, 6.45) is 0.731. The van der Waals surface area contributed by atoms with Crippen LogP contribution in [0.5, 0.6) is 0 Å². The maximum atomic E-state index is 11.2. The highest BCUT2D eigenvalue weighted by molar-refractivity contribution is 7.99. The van der Waals surface area contributed by atoms with Gasteiger partial charge in [-0.2, -0.15) is 11.8 Å². The minimum absolute atomic E-state index is 0.00491. The van der Waals surface area contributed by atoms with Crippen LogP contribution in [0.15, 0.2) is 0 Å². The molecule has 0 aromatic carbocycles. The number of amides is 2. The Morgan fingerprint density at radius 3 is 2.50 bits per heavy atom. The molecule has 90 valence electrons. The van der Waals surface area contributed by atoms with Gasteiger partial charge in [0, 0.05) is 30.4 Å². The fraction of sp³-hybridized carbons (Fsp3) is 0.700. The van der Waals surface area contributed by atoms with Crippen LogP contribution in [0.25, 0.3) is 0 Å². The molecule has 1 aliphatic rings. The van der Waals surface area contributed by atoms with Gasteiger partial charge in [-0.15, -0.1) is 0 Å². The summed E-state index contributed by atoms with van der Waals surface area (Å²) in [5.74, 6) is -0.451. The predicted molar refractivity (Wildman–Crippen MR) is 60.1 cm³/mol. The zero-order valence-corrected chi connectivity index (χ0v) is 9.96. The van der Waals surface area contributed by atoms with Crippen molar-refractivity contribution < 1.29 is 19.5 Å². The topological polar surface area (TPSA) is 74.7 Å². The molecule has 1 N–H and O–H groups in total. The summed E-state index contributed by atoms with van der Waals surface area (Å²) in [7, 11) is 0. The molecular formula is C10H15NO4S. The summed E-state index contributed by atoms with van der Waals surface area (Å²) in [4.78, 5) is 34.1. The molecule has 0 aliphatic carbocycles. The number of carbonyl (C=O) groups is 3. The molecule has 0 aromatic heterocycles. The lowest BCUT2D eigenvalue weighted by atomic mass is 10.3. The Hall–Kier alpha value is -1.04. The van der Waals surface area contributed by atoms with Crippen LogP contribution in [0, 0.1) is 0 Å². The molecule has 0 radical (unpaired) electrons. The Morgan fingerprint density at radius 1 is 1.44 bits per heavy atom. The number of thioether (sulfide) groups is 1. The molecule has 0 spiro atoms. The first kappa shape index (κ1) is 13.0. The number of carboxylic acid groups (broad SMARTS) is 1. The fourth-order valence-electron chi connectivity index (χ4n) is 1.52. The van der Waals surface area contributed by atoms with Gasteiger partial charge in [0.2, 0.25) is 11.8 Å². The maximum absolute atomic E-state index is 11.2. The van der Waals surface area contributed by atoms with E-state index in [0.29, 0.717) is 25.1 Å². The standard InChI is InChI=1S/C10H15NO4S/c1-7(6-10(14)15)16-5-4-11-8(12)2-3-9(11)13/h7H,2-6H2,1H3,(H,14,15). The highest BCUT2D eigenvalue weighted by Crippen LogP contribution is 2.17. The molecule has 6 heteroatoms. The van der Waals surface area contributed by atoms with Gasteiger partial charge in [0.1, 0.15) is 0 Å². The second kappa shape index (κ2) is 5.89. The van der Waals surface area contributed by atoms with E-state index in [9.17, 15) is 14.4 Å². The summed E-state index contributed by atoms with van der Waals surface area (Å²) >= 11 is 1.47. The van der Waals surface area contributed by atoms with Crippen molar-refractivity contribution in [2.45, 2.75) is 31.4 Å². The van der Waals surface area contributed by atoms with Crippen LogP contribution in [0.4, 0.5) is 0 Å². The lowest BCUT2D eigenvalue weighted by Crippen LogP contribution is -2.31. The molecule has 1 aliphatic heterocycles. The highest BCUT2D eigenvalue weighted by atomic mass is 32.2. The lowest BCUT2D eigenvalue weighted by molar-refractivity contribution is -0.138. The average molecular weight is 245 g/mol. The van der Waals surface area contributed by atoms with Crippen LogP contribution in [0.2, 0.25) is 0 Å². The van der Waals surface area contributed by atoms with Crippen LogP contribution in [0.1, 0.15) is 26.2 Å². The predicted octanol–water partition coefficient (Wildman–Crippen LogP) is 0.732. The molecule has 1 fully saturated rings. The lowest BCUT2D eigenvalue weighted by Gasteiger charge is -2.14. The van der Waals surface area contributed by atoms with E-state index in [1.165, 1.54) is 16.7 Å². The molecule has 0 bridgehead atoms. The second-order valence-electron chi connectivity index (χ2n) is 3.72. The van der Waals surface area contributed by atoms with Crippen LogP contribution in [-0.4, -0.2) is 45.3 Å². The first-order valence-electron chi connectivity index (χ1n) is 5.17. The van der Waals surface area contributed by atoms with Crippen LogP contribution in [0.3, 0.4) is 0 Å². The van der Waals surface area contributed by atoms with Crippen molar-refractivity contribution in [2.75, 3.05) is 12.3 Å². The molecule has 16 heavy (non-hydrogen) atoms. The van der Waals surface area contributed by atoms with Crippen molar-refractivity contribution in [3.05, 3.63) is 0 Å². The smallest absolute Gasteiger partial charge is 0.304 e. The Labute approximate surface area is 98.2 Å². The third-order valence-corrected chi connectivity index (χ3v) is 3.49. The van der Waals surface area contributed by atoms with Gasteiger partial charge in [-0.25, -0.2) is 0 Å². The van der Waals surface area contributed by atoms with Crippen molar-refractivity contribution in [3.63, 3.8) is 0 Å². The Bertz CT molecular complexity index is 289. The van der Waals surface area contributed by atoms with Crippen LogP contribution in [-0.2, 0) is 14.4 Å². The van der Waals surface area contributed by atoms with E-state index in [-0.39, 0.29) is 23.5 Å². The zero-order chi connectivity index (χ0) is 12.1. The number of nitrogens with zero attached hydrogens (tertiary/aromatic N) is 1. The largest absolute Gasteiger partial charge is 0.481 e. The SMILES string of the molecule is CC(CC(=O)O)SCCN1C(=O)CCC1=O. The van der Waals surface area contributed by atoms with Gasteiger partial charge in [0.05, 0.1) is 6.42 Å². The number of aliphatic carboxylic acids is 1. The molecular weight excluding hydrogens is 230 g/mol. The summed E-state index contributed by atoms with van der Waals surface area (Å²) in [5, 5.41) is 8.55. The number of likely N-dealkylation sites (tertiary alicyclic amines) is 1. The molecule has 5 nitrogen and oxygen atoms in total. The summed E-state index contributed by atoms with van der Waals surface area (Å²) in [5.41, 5.74) is 0. The summed E-state index contributed by atoms with van der Waals surface area (Å²) in [6.45, 7) is 2.22. The van der Waals surface area contributed by atoms with Gasteiger partial charge in [-0.05, 0) is 0 Å². The van der Waals surface area contributed by atoms with Crippen LogP contribution < -0.4 is 0 Å². The molecule has 2 amide bonds. The Morgan fingerprint density at radius 2 is 2.00 bits per heavy atom. The van der Waals surface area contributed by atoms with E-state index in [2.05, 4.69) is 0 Å². The normalized spacial score (nSPS) is 17.9. The van der Waals surface area contributed by atoms with Crippen molar-refractivity contribution >= 4 is 29.5 Å². The molecule has 0 aromatic rings. The van der Waals surface area contributed by atoms with Crippen molar-refractivity contribution in [1.29, 1.82) is 0 Å². The summed E-state index contributed by atoms with van der Waals surface area (Å²) in [6, 6.07) is 0. The third kappa shape index (κ3) is 3.84. The summed E-state index contributed by atoms with van der Waals surface area (Å²) < 4.78 is 0. The highest BCUT2D eigenvalue weighted by Gasteiger charge is 2.28. The Balaban J connectivity index is 2.22. The zero-order valence-electron chi connectivity index (χ0n) is 9.14. The number of rotatable bonds is 6. The van der Waals surface area contributed by atoms with Gasteiger partial charge in [-0.1, -0.05) is 6.92 Å². The van der Waals surface area contributed by atoms with E-state index in [1.807, 2.05) is 6.92 Å². The van der Waals surface area contributed by atoms with E-state index < -0.39 is 5.97 Å². The van der Waals surface area contributed by atoms with E-state index >= 15 is 0 Å². The van der Waals surface area contributed by atoms with Gasteiger partial charge >= 0.3 is 5.97 Å². The Kier molecular flexibility index (Phi) is 4.79. The van der Waals surface area contributed by atoms with Gasteiger partial charge in [0.25, 0.3) is 0 Å². The average Bonchev–Trinajstić information content (AvgIpc) is 2.47. The molecule has 1 unspecified atom stereocenters. The quantitative estimate of drug-likeness (QED) is 0.698.